The molecule has 0 fully saturated rings. The Bertz CT molecular complexity index is 903. The van der Waals surface area contributed by atoms with E-state index >= 15 is 0 Å². The number of nitrogens with one attached hydrogen (secondary N) is 1. The predicted octanol–water partition coefficient (Wildman–Crippen LogP) is 4.77. The standard InChI is InChI=1S/C20H20N2O2/c1-4-24-20(23)15-6-5-7-16(12-15)22-19-11-14(3)21-18-9-8-13(2)10-17(18)19/h5-12H,4H2,1-3H3,(H,21,22). The highest BCUT2D eigenvalue weighted by Gasteiger charge is 2.09. The van der Waals surface area contributed by atoms with Crippen LogP contribution in [0.3, 0.4) is 0 Å². The molecule has 1 aromatic heterocycles. The van der Waals surface area contributed by atoms with Crippen LogP contribution >= 0.6 is 0 Å². The number of esters is 1. The molecule has 0 bridgehead atoms. The van der Waals surface area contributed by atoms with E-state index in [4.69, 9.17) is 4.74 Å². The molecule has 0 aliphatic heterocycles. The van der Waals surface area contributed by atoms with Gasteiger partial charge in [0.2, 0.25) is 0 Å². The summed E-state index contributed by atoms with van der Waals surface area (Å²) in [5.74, 6) is -0.312. The number of carbonyl (C=O) groups is 1. The average molecular weight is 320 g/mol. The molecule has 0 amide bonds. The third-order valence-electron chi connectivity index (χ3n) is 3.74. The number of ether oxygens (including phenoxy) is 1. The number of hydrogen-bond donors (Lipinski definition) is 1. The number of rotatable bonds is 4. The molecule has 24 heavy (non-hydrogen) atoms. The first-order valence-corrected chi connectivity index (χ1v) is 7.99. The van der Waals surface area contributed by atoms with Crippen LogP contribution in [-0.2, 0) is 4.74 Å². The van der Waals surface area contributed by atoms with Gasteiger partial charge in [0.05, 0.1) is 17.7 Å². The van der Waals surface area contributed by atoms with Crippen molar-refractivity contribution in [3.05, 3.63) is 65.4 Å². The van der Waals surface area contributed by atoms with E-state index in [0.717, 1.165) is 28.0 Å². The number of aromatic nitrogens is 1. The average Bonchev–Trinajstić information content (AvgIpc) is 2.56. The molecule has 1 heterocycles. The zero-order valence-corrected chi connectivity index (χ0v) is 14.1. The Balaban J connectivity index is 1.99. The summed E-state index contributed by atoms with van der Waals surface area (Å²) in [5.41, 5.74) is 5.42. The summed E-state index contributed by atoms with van der Waals surface area (Å²) >= 11 is 0. The highest BCUT2D eigenvalue weighted by molar-refractivity contribution is 5.95. The van der Waals surface area contributed by atoms with E-state index in [2.05, 4.69) is 29.4 Å². The number of hydrogen-bond acceptors (Lipinski definition) is 4. The molecule has 0 aliphatic carbocycles. The number of aryl methyl sites for hydroxylation is 2. The van der Waals surface area contributed by atoms with E-state index in [1.54, 1.807) is 19.1 Å². The number of carbonyl (C=O) groups excluding carboxylic acids is 1. The Kier molecular flexibility index (Phi) is 4.47. The molecule has 4 nitrogen and oxygen atoms in total. The van der Waals surface area contributed by atoms with Gasteiger partial charge in [-0.05, 0) is 57.2 Å². The quantitative estimate of drug-likeness (QED) is 0.703. The van der Waals surface area contributed by atoms with Crippen molar-refractivity contribution < 1.29 is 9.53 Å². The van der Waals surface area contributed by atoms with Gasteiger partial charge >= 0.3 is 5.97 Å². The minimum Gasteiger partial charge on any atom is -0.462 e. The monoisotopic (exact) mass is 320 g/mol. The van der Waals surface area contributed by atoms with Crippen molar-refractivity contribution in [3.63, 3.8) is 0 Å². The van der Waals surface area contributed by atoms with Gasteiger partial charge in [0.15, 0.2) is 0 Å². The van der Waals surface area contributed by atoms with Crippen molar-refractivity contribution in [2.75, 3.05) is 11.9 Å². The van der Waals surface area contributed by atoms with Crippen LogP contribution in [0.2, 0.25) is 0 Å². The number of benzene rings is 2. The van der Waals surface area contributed by atoms with Crippen molar-refractivity contribution in [2.45, 2.75) is 20.8 Å². The van der Waals surface area contributed by atoms with Gasteiger partial charge < -0.3 is 10.1 Å². The van der Waals surface area contributed by atoms with E-state index in [-0.39, 0.29) is 5.97 Å². The fraction of sp³-hybridized carbons (Fsp3) is 0.200. The Morgan fingerprint density at radius 1 is 1.12 bits per heavy atom. The molecule has 122 valence electrons. The minimum absolute atomic E-state index is 0.312. The minimum atomic E-state index is -0.312. The maximum atomic E-state index is 11.9. The summed E-state index contributed by atoms with van der Waals surface area (Å²) in [6, 6.07) is 15.5. The van der Waals surface area contributed by atoms with Crippen molar-refractivity contribution in [1.82, 2.24) is 4.98 Å². The molecule has 2 aromatic carbocycles. The van der Waals surface area contributed by atoms with Gasteiger partial charge in [-0.2, -0.15) is 0 Å². The van der Waals surface area contributed by atoms with E-state index in [0.29, 0.717) is 12.2 Å². The first-order valence-electron chi connectivity index (χ1n) is 7.99. The largest absolute Gasteiger partial charge is 0.462 e. The van der Waals surface area contributed by atoms with E-state index in [9.17, 15) is 4.79 Å². The second-order valence-corrected chi connectivity index (χ2v) is 5.76. The predicted molar refractivity (Wildman–Crippen MR) is 96.9 cm³/mol. The highest BCUT2D eigenvalue weighted by Crippen LogP contribution is 2.27. The zero-order chi connectivity index (χ0) is 17.1. The summed E-state index contributed by atoms with van der Waals surface area (Å²) in [4.78, 5) is 16.5. The van der Waals surface area contributed by atoms with E-state index in [1.807, 2.05) is 31.2 Å². The van der Waals surface area contributed by atoms with Gasteiger partial charge in [0.25, 0.3) is 0 Å². The molecule has 0 aliphatic rings. The second-order valence-electron chi connectivity index (χ2n) is 5.76. The maximum Gasteiger partial charge on any atom is 0.338 e. The molecule has 0 atom stereocenters. The van der Waals surface area contributed by atoms with Crippen molar-refractivity contribution >= 4 is 28.2 Å². The normalized spacial score (nSPS) is 10.6. The number of nitrogens with zero attached hydrogens (tertiary/aromatic N) is 1. The van der Waals surface area contributed by atoms with Crippen LogP contribution in [0.25, 0.3) is 10.9 Å². The molecule has 0 saturated heterocycles. The van der Waals surface area contributed by atoms with Gasteiger partial charge in [0, 0.05) is 22.5 Å². The fourth-order valence-corrected chi connectivity index (χ4v) is 2.67. The molecule has 0 radical (unpaired) electrons. The van der Waals surface area contributed by atoms with Gasteiger partial charge in [-0.1, -0.05) is 17.7 Å². The first-order chi connectivity index (χ1) is 11.6. The van der Waals surface area contributed by atoms with Crippen LogP contribution < -0.4 is 5.32 Å². The summed E-state index contributed by atoms with van der Waals surface area (Å²) in [5, 5.41) is 4.46. The van der Waals surface area contributed by atoms with Gasteiger partial charge in [-0.3, -0.25) is 4.98 Å². The smallest absolute Gasteiger partial charge is 0.338 e. The topological polar surface area (TPSA) is 51.2 Å². The SMILES string of the molecule is CCOC(=O)c1cccc(Nc2cc(C)nc3ccc(C)cc23)c1. The molecule has 0 unspecified atom stereocenters. The lowest BCUT2D eigenvalue weighted by molar-refractivity contribution is 0.0526. The van der Waals surface area contributed by atoms with Crippen LogP contribution in [0.4, 0.5) is 11.4 Å². The van der Waals surface area contributed by atoms with E-state index in [1.165, 1.54) is 5.56 Å². The van der Waals surface area contributed by atoms with Crippen molar-refractivity contribution in [1.29, 1.82) is 0 Å². The van der Waals surface area contributed by atoms with E-state index < -0.39 is 0 Å². The Morgan fingerprint density at radius 3 is 2.75 bits per heavy atom. The molecule has 1 N–H and O–H groups in total. The lowest BCUT2D eigenvalue weighted by Gasteiger charge is -2.12. The fourth-order valence-electron chi connectivity index (χ4n) is 2.67. The summed E-state index contributed by atoms with van der Waals surface area (Å²) in [7, 11) is 0. The van der Waals surface area contributed by atoms with Crippen LogP contribution in [-0.4, -0.2) is 17.6 Å². The Labute approximate surface area is 141 Å². The molecule has 3 rings (SSSR count). The van der Waals surface area contributed by atoms with Crippen molar-refractivity contribution in [2.24, 2.45) is 0 Å². The number of pyridine rings is 1. The Hall–Kier alpha value is -2.88. The molecule has 4 heteroatoms. The van der Waals surface area contributed by atoms with Crippen LogP contribution in [0.15, 0.2) is 48.5 Å². The van der Waals surface area contributed by atoms with Crippen LogP contribution in [0.5, 0.6) is 0 Å². The molecular weight excluding hydrogens is 300 g/mol. The maximum absolute atomic E-state index is 11.9. The van der Waals surface area contributed by atoms with Crippen LogP contribution in [0, 0.1) is 13.8 Å². The lowest BCUT2D eigenvalue weighted by atomic mass is 10.1. The molecule has 0 saturated carbocycles. The molecular formula is C20H20N2O2. The zero-order valence-electron chi connectivity index (χ0n) is 14.1. The molecule has 3 aromatic rings. The van der Waals surface area contributed by atoms with Gasteiger partial charge in [0.1, 0.15) is 0 Å². The van der Waals surface area contributed by atoms with Gasteiger partial charge in [-0.25, -0.2) is 4.79 Å². The highest BCUT2D eigenvalue weighted by atomic mass is 16.5. The van der Waals surface area contributed by atoms with Crippen molar-refractivity contribution in [3.8, 4) is 0 Å². The lowest BCUT2D eigenvalue weighted by Crippen LogP contribution is -2.05. The van der Waals surface area contributed by atoms with Gasteiger partial charge in [-0.15, -0.1) is 0 Å². The summed E-state index contributed by atoms with van der Waals surface area (Å²) in [6.45, 7) is 6.20. The summed E-state index contributed by atoms with van der Waals surface area (Å²) < 4.78 is 5.06. The van der Waals surface area contributed by atoms with Crippen LogP contribution in [0.1, 0.15) is 28.5 Å². The molecule has 0 spiro atoms. The first kappa shape index (κ1) is 16.0. The Morgan fingerprint density at radius 2 is 1.96 bits per heavy atom. The number of fused-ring (bicyclic) bond motifs is 1. The third-order valence-corrected chi connectivity index (χ3v) is 3.74. The second kappa shape index (κ2) is 6.71. The summed E-state index contributed by atoms with van der Waals surface area (Å²) in [6.07, 6.45) is 0. The third kappa shape index (κ3) is 3.38. The number of anilines is 2.